The fourth-order valence-corrected chi connectivity index (χ4v) is 2.64. The summed E-state index contributed by atoms with van der Waals surface area (Å²) < 4.78 is 1.70. The molecule has 3 aromatic rings. The molecule has 3 nitrogen and oxygen atoms in total. The van der Waals surface area contributed by atoms with E-state index in [1.807, 2.05) is 43.6 Å². The molecule has 0 aliphatic rings. The molecular formula is C24H21ClN2O. The van der Waals surface area contributed by atoms with Crippen molar-refractivity contribution in [1.29, 1.82) is 0 Å². The third-order valence-corrected chi connectivity index (χ3v) is 4.10. The number of hydrogen-bond donors (Lipinski definition) is 1. The quantitative estimate of drug-likeness (QED) is 0.578. The summed E-state index contributed by atoms with van der Waals surface area (Å²) in [6.45, 7) is 6.17. The van der Waals surface area contributed by atoms with Crippen LogP contribution in [-0.2, 0) is 7.05 Å². The van der Waals surface area contributed by atoms with Crippen LogP contribution >= 0.6 is 11.6 Å². The van der Waals surface area contributed by atoms with Gasteiger partial charge in [-0.3, -0.25) is 4.68 Å². The van der Waals surface area contributed by atoms with Gasteiger partial charge in [-0.25, -0.2) is 0 Å². The molecule has 2 aromatic carbocycles. The van der Waals surface area contributed by atoms with Gasteiger partial charge in [0.1, 0.15) is 11.4 Å². The molecule has 1 heterocycles. The van der Waals surface area contributed by atoms with Crippen molar-refractivity contribution < 1.29 is 5.11 Å². The standard InChI is InChI=1S/C24H21ClN2O/c1-24(2,3)14-13-19-16-27(4)26-23(19)21-15-18(9-12-22(21)28)6-5-17-7-10-20(25)11-8-17/h7-12,15-16,28H,1-4H3. The van der Waals surface area contributed by atoms with Gasteiger partial charge >= 0.3 is 0 Å². The molecule has 0 spiro atoms. The van der Waals surface area contributed by atoms with Crippen molar-refractivity contribution in [2.24, 2.45) is 12.5 Å². The van der Waals surface area contributed by atoms with E-state index >= 15 is 0 Å². The number of nitrogens with zero attached hydrogens (tertiary/aromatic N) is 2. The van der Waals surface area contributed by atoms with E-state index in [1.54, 1.807) is 16.8 Å². The second-order valence-electron chi connectivity index (χ2n) is 7.55. The summed E-state index contributed by atoms with van der Waals surface area (Å²) in [4.78, 5) is 0. The van der Waals surface area contributed by atoms with Gasteiger partial charge < -0.3 is 5.11 Å². The van der Waals surface area contributed by atoms with Gasteiger partial charge in [0.25, 0.3) is 0 Å². The fourth-order valence-electron chi connectivity index (χ4n) is 2.51. The van der Waals surface area contributed by atoms with Gasteiger partial charge in [-0.05, 0) is 63.2 Å². The number of aryl methyl sites for hydroxylation is 1. The SMILES string of the molecule is Cn1cc(C#CC(C)(C)C)c(-c2cc(C#Cc3ccc(Cl)cc3)ccc2O)n1. The lowest BCUT2D eigenvalue weighted by Crippen LogP contribution is -1.99. The van der Waals surface area contributed by atoms with Crippen LogP contribution in [0.4, 0.5) is 0 Å². The number of phenolic OH excluding ortho intramolecular Hbond substituents is 1. The largest absolute Gasteiger partial charge is 0.507 e. The van der Waals surface area contributed by atoms with E-state index in [-0.39, 0.29) is 11.2 Å². The maximum Gasteiger partial charge on any atom is 0.125 e. The van der Waals surface area contributed by atoms with Crippen molar-refractivity contribution in [1.82, 2.24) is 9.78 Å². The van der Waals surface area contributed by atoms with Gasteiger partial charge in [0.05, 0.1) is 5.56 Å². The lowest BCUT2D eigenvalue weighted by molar-refractivity contribution is 0.477. The summed E-state index contributed by atoms with van der Waals surface area (Å²) in [6.07, 6.45) is 1.86. The molecular weight excluding hydrogens is 368 g/mol. The first-order chi connectivity index (χ1) is 13.2. The van der Waals surface area contributed by atoms with Crippen LogP contribution in [0, 0.1) is 29.1 Å². The van der Waals surface area contributed by atoms with E-state index in [4.69, 9.17) is 11.6 Å². The molecule has 1 aromatic heterocycles. The smallest absolute Gasteiger partial charge is 0.125 e. The molecule has 0 aliphatic heterocycles. The monoisotopic (exact) mass is 388 g/mol. The average molecular weight is 389 g/mol. The Morgan fingerprint density at radius 1 is 0.964 bits per heavy atom. The second kappa shape index (κ2) is 7.85. The van der Waals surface area contributed by atoms with Gasteiger partial charge in [-0.1, -0.05) is 35.3 Å². The lowest BCUT2D eigenvalue weighted by Gasteiger charge is -2.07. The van der Waals surface area contributed by atoms with Crippen molar-refractivity contribution in [2.45, 2.75) is 20.8 Å². The Morgan fingerprint density at radius 3 is 2.29 bits per heavy atom. The molecule has 0 unspecified atom stereocenters. The normalized spacial score (nSPS) is 10.6. The zero-order valence-electron chi connectivity index (χ0n) is 16.3. The summed E-state index contributed by atoms with van der Waals surface area (Å²) >= 11 is 5.91. The molecule has 0 saturated carbocycles. The summed E-state index contributed by atoms with van der Waals surface area (Å²) in [6, 6.07) is 12.6. The minimum Gasteiger partial charge on any atom is -0.507 e. The van der Waals surface area contributed by atoms with E-state index in [2.05, 4.69) is 49.6 Å². The van der Waals surface area contributed by atoms with Crippen molar-refractivity contribution in [3.8, 4) is 40.7 Å². The first-order valence-corrected chi connectivity index (χ1v) is 9.27. The topological polar surface area (TPSA) is 38.0 Å². The molecule has 0 atom stereocenters. The van der Waals surface area contributed by atoms with Crippen LogP contribution in [0.5, 0.6) is 5.75 Å². The minimum absolute atomic E-state index is 0.124. The molecule has 3 rings (SSSR count). The zero-order chi connectivity index (χ0) is 20.3. The van der Waals surface area contributed by atoms with Crippen LogP contribution in [0.25, 0.3) is 11.3 Å². The van der Waals surface area contributed by atoms with E-state index in [9.17, 15) is 5.11 Å². The van der Waals surface area contributed by atoms with Crippen LogP contribution in [-0.4, -0.2) is 14.9 Å². The van der Waals surface area contributed by atoms with Crippen LogP contribution in [0.3, 0.4) is 0 Å². The van der Waals surface area contributed by atoms with Gasteiger partial charge in [0.15, 0.2) is 0 Å². The Morgan fingerprint density at radius 2 is 1.61 bits per heavy atom. The van der Waals surface area contributed by atoms with Crippen molar-refractivity contribution >= 4 is 11.6 Å². The highest BCUT2D eigenvalue weighted by Crippen LogP contribution is 2.31. The lowest BCUT2D eigenvalue weighted by atomic mass is 9.97. The van der Waals surface area contributed by atoms with Crippen LogP contribution in [0.1, 0.15) is 37.5 Å². The van der Waals surface area contributed by atoms with Crippen molar-refractivity contribution in [3.05, 3.63) is 70.4 Å². The highest BCUT2D eigenvalue weighted by Gasteiger charge is 2.14. The van der Waals surface area contributed by atoms with Gasteiger partial charge in [0, 0.05) is 40.4 Å². The number of hydrogen-bond acceptors (Lipinski definition) is 2. The Kier molecular flexibility index (Phi) is 5.50. The van der Waals surface area contributed by atoms with Gasteiger partial charge in [-0.15, -0.1) is 0 Å². The third-order valence-electron chi connectivity index (χ3n) is 3.85. The van der Waals surface area contributed by atoms with Crippen LogP contribution in [0.15, 0.2) is 48.7 Å². The summed E-state index contributed by atoms with van der Waals surface area (Å²) in [5.41, 5.74) is 3.56. The Balaban J connectivity index is 2.01. The predicted molar refractivity (Wildman–Crippen MR) is 114 cm³/mol. The number of aromatic hydroxyl groups is 1. The summed E-state index contributed by atoms with van der Waals surface area (Å²) in [5.74, 6) is 12.8. The average Bonchev–Trinajstić information content (AvgIpc) is 3.00. The van der Waals surface area contributed by atoms with Crippen molar-refractivity contribution in [2.75, 3.05) is 0 Å². The van der Waals surface area contributed by atoms with E-state index in [0.717, 1.165) is 16.7 Å². The Bertz CT molecular complexity index is 1130. The third kappa shape index (κ3) is 4.97. The number of phenols is 1. The summed E-state index contributed by atoms with van der Waals surface area (Å²) in [5, 5.41) is 15.6. The van der Waals surface area contributed by atoms with Crippen LogP contribution in [0.2, 0.25) is 5.02 Å². The maximum absolute atomic E-state index is 10.4. The van der Waals surface area contributed by atoms with Gasteiger partial charge in [0.2, 0.25) is 0 Å². The van der Waals surface area contributed by atoms with E-state index in [0.29, 0.717) is 16.3 Å². The molecule has 4 heteroatoms. The molecule has 0 aliphatic carbocycles. The number of halogens is 1. The van der Waals surface area contributed by atoms with E-state index < -0.39 is 0 Å². The van der Waals surface area contributed by atoms with Crippen LogP contribution < -0.4 is 0 Å². The molecule has 0 bridgehead atoms. The van der Waals surface area contributed by atoms with Gasteiger partial charge in [-0.2, -0.15) is 5.10 Å². The number of aromatic nitrogens is 2. The molecule has 140 valence electrons. The second-order valence-corrected chi connectivity index (χ2v) is 7.99. The van der Waals surface area contributed by atoms with Crippen molar-refractivity contribution in [3.63, 3.8) is 0 Å². The first-order valence-electron chi connectivity index (χ1n) is 8.89. The number of benzene rings is 2. The van der Waals surface area contributed by atoms with E-state index in [1.165, 1.54) is 0 Å². The molecule has 0 saturated heterocycles. The first kappa shape index (κ1) is 19.6. The number of rotatable bonds is 1. The fraction of sp³-hybridized carbons (Fsp3) is 0.208. The molecule has 28 heavy (non-hydrogen) atoms. The molecule has 1 N–H and O–H groups in total. The Hall–Kier alpha value is -3.14. The molecule has 0 amide bonds. The zero-order valence-corrected chi connectivity index (χ0v) is 17.1. The summed E-state index contributed by atoms with van der Waals surface area (Å²) in [7, 11) is 1.84. The molecule has 0 radical (unpaired) electrons. The highest BCUT2D eigenvalue weighted by molar-refractivity contribution is 6.30. The maximum atomic E-state index is 10.4. The predicted octanol–water partition coefficient (Wildman–Crippen LogP) is 5.24. The minimum atomic E-state index is -0.124. The highest BCUT2D eigenvalue weighted by atomic mass is 35.5. The molecule has 0 fully saturated rings. The Labute approximate surface area is 171 Å².